The average molecular weight is 244 g/mol. The van der Waals surface area contributed by atoms with E-state index in [-0.39, 0.29) is 6.04 Å². The smallest absolute Gasteiger partial charge is 0.0705 e. The molecular weight excluding hydrogens is 230 g/mol. The number of aryl methyl sites for hydroxylation is 1. The molecule has 0 amide bonds. The van der Waals surface area contributed by atoms with E-state index in [0.717, 1.165) is 10.0 Å². The molecule has 0 aromatic heterocycles. The summed E-state index contributed by atoms with van der Waals surface area (Å²) >= 11 is 3.42. The van der Waals surface area contributed by atoms with Crippen molar-refractivity contribution in [1.29, 1.82) is 0 Å². The van der Waals surface area contributed by atoms with Gasteiger partial charge in [-0.2, -0.15) is 0 Å². The van der Waals surface area contributed by atoms with Crippen LogP contribution in [0, 0.1) is 6.92 Å². The van der Waals surface area contributed by atoms with Crippen LogP contribution in [0.15, 0.2) is 22.7 Å². The van der Waals surface area contributed by atoms with Crippen molar-refractivity contribution >= 4 is 15.9 Å². The highest BCUT2D eigenvalue weighted by atomic mass is 79.9. The van der Waals surface area contributed by atoms with Crippen LogP contribution in [0.2, 0.25) is 0 Å². The summed E-state index contributed by atoms with van der Waals surface area (Å²) in [7, 11) is 0. The average Bonchev–Trinajstić information content (AvgIpc) is 2.03. The SMILES string of the molecule is Cc1ccc([C@@H](N)C(C)O)c(Br)c1. The van der Waals surface area contributed by atoms with E-state index in [4.69, 9.17) is 5.73 Å². The maximum Gasteiger partial charge on any atom is 0.0705 e. The van der Waals surface area contributed by atoms with Gasteiger partial charge in [-0.3, -0.25) is 0 Å². The van der Waals surface area contributed by atoms with Gasteiger partial charge < -0.3 is 10.8 Å². The Bertz CT molecular complexity index is 299. The Labute approximate surface area is 86.9 Å². The second-order valence-electron chi connectivity index (χ2n) is 3.29. The van der Waals surface area contributed by atoms with Gasteiger partial charge in [0.05, 0.1) is 12.1 Å². The highest BCUT2D eigenvalue weighted by molar-refractivity contribution is 9.10. The van der Waals surface area contributed by atoms with Crippen LogP contribution in [0.1, 0.15) is 24.1 Å². The molecule has 0 aliphatic rings. The van der Waals surface area contributed by atoms with Gasteiger partial charge in [0.25, 0.3) is 0 Å². The number of benzene rings is 1. The largest absolute Gasteiger partial charge is 0.391 e. The highest BCUT2D eigenvalue weighted by Crippen LogP contribution is 2.24. The van der Waals surface area contributed by atoms with E-state index in [9.17, 15) is 5.11 Å². The first kappa shape index (κ1) is 10.7. The lowest BCUT2D eigenvalue weighted by Crippen LogP contribution is -2.23. The maximum absolute atomic E-state index is 9.32. The molecular formula is C10H14BrNO. The number of rotatable bonds is 2. The summed E-state index contributed by atoms with van der Waals surface area (Å²) in [6.45, 7) is 3.71. The van der Waals surface area contributed by atoms with Crippen molar-refractivity contribution in [2.24, 2.45) is 5.73 Å². The highest BCUT2D eigenvalue weighted by Gasteiger charge is 2.14. The van der Waals surface area contributed by atoms with Gasteiger partial charge in [0.15, 0.2) is 0 Å². The van der Waals surface area contributed by atoms with Crippen LogP contribution in [0.3, 0.4) is 0 Å². The lowest BCUT2D eigenvalue weighted by atomic mass is 10.0. The number of nitrogens with two attached hydrogens (primary N) is 1. The van der Waals surface area contributed by atoms with E-state index in [1.807, 2.05) is 25.1 Å². The molecule has 0 bridgehead atoms. The third-order valence-corrected chi connectivity index (χ3v) is 2.72. The van der Waals surface area contributed by atoms with Crippen molar-refractivity contribution < 1.29 is 5.11 Å². The molecule has 0 aliphatic heterocycles. The molecule has 0 heterocycles. The Hall–Kier alpha value is -0.380. The minimum atomic E-state index is -0.529. The van der Waals surface area contributed by atoms with Gasteiger partial charge in [0.2, 0.25) is 0 Å². The number of halogens is 1. The monoisotopic (exact) mass is 243 g/mol. The second kappa shape index (κ2) is 4.22. The summed E-state index contributed by atoms with van der Waals surface area (Å²) < 4.78 is 0.959. The van der Waals surface area contributed by atoms with Crippen LogP contribution >= 0.6 is 15.9 Å². The number of hydrogen-bond acceptors (Lipinski definition) is 2. The van der Waals surface area contributed by atoms with Crippen molar-refractivity contribution in [3.05, 3.63) is 33.8 Å². The van der Waals surface area contributed by atoms with Crippen molar-refractivity contribution in [2.75, 3.05) is 0 Å². The summed E-state index contributed by atoms with van der Waals surface area (Å²) in [5.41, 5.74) is 7.93. The molecule has 72 valence electrons. The third kappa shape index (κ3) is 2.53. The van der Waals surface area contributed by atoms with Crippen LogP contribution in [-0.2, 0) is 0 Å². The van der Waals surface area contributed by atoms with Crippen molar-refractivity contribution in [1.82, 2.24) is 0 Å². The first-order valence-corrected chi connectivity index (χ1v) is 5.01. The summed E-state index contributed by atoms with van der Waals surface area (Å²) in [6.07, 6.45) is -0.529. The van der Waals surface area contributed by atoms with E-state index in [1.54, 1.807) is 6.92 Å². The number of aliphatic hydroxyl groups excluding tert-OH is 1. The topological polar surface area (TPSA) is 46.2 Å². The van der Waals surface area contributed by atoms with Crippen LogP contribution in [0.5, 0.6) is 0 Å². The number of aliphatic hydroxyl groups is 1. The lowest BCUT2D eigenvalue weighted by Gasteiger charge is -2.16. The van der Waals surface area contributed by atoms with Crippen LogP contribution in [0.4, 0.5) is 0 Å². The molecule has 0 saturated carbocycles. The van der Waals surface area contributed by atoms with E-state index in [2.05, 4.69) is 15.9 Å². The van der Waals surface area contributed by atoms with Crippen LogP contribution in [-0.4, -0.2) is 11.2 Å². The summed E-state index contributed by atoms with van der Waals surface area (Å²) in [5, 5.41) is 9.32. The third-order valence-electron chi connectivity index (χ3n) is 2.03. The summed E-state index contributed by atoms with van der Waals surface area (Å²) in [4.78, 5) is 0. The van der Waals surface area contributed by atoms with Crippen molar-refractivity contribution in [2.45, 2.75) is 26.0 Å². The molecule has 0 saturated heterocycles. The molecule has 0 aliphatic carbocycles. The Morgan fingerprint density at radius 2 is 2.08 bits per heavy atom. The van der Waals surface area contributed by atoms with Gasteiger partial charge >= 0.3 is 0 Å². The predicted octanol–water partition coefficient (Wildman–Crippen LogP) is 2.14. The van der Waals surface area contributed by atoms with Gasteiger partial charge in [-0.1, -0.05) is 28.1 Å². The zero-order chi connectivity index (χ0) is 10.0. The fourth-order valence-corrected chi connectivity index (χ4v) is 1.92. The van der Waals surface area contributed by atoms with Crippen molar-refractivity contribution in [3.8, 4) is 0 Å². The quantitative estimate of drug-likeness (QED) is 0.837. The molecule has 13 heavy (non-hydrogen) atoms. The molecule has 3 heteroatoms. The molecule has 1 unspecified atom stereocenters. The predicted molar refractivity (Wildman–Crippen MR) is 57.5 cm³/mol. The Kier molecular flexibility index (Phi) is 3.47. The molecule has 1 aromatic rings. The zero-order valence-electron chi connectivity index (χ0n) is 7.79. The number of hydrogen-bond donors (Lipinski definition) is 2. The molecule has 1 rings (SSSR count). The standard InChI is InChI=1S/C10H14BrNO/c1-6-3-4-8(9(11)5-6)10(12)7(2)13/h3-5,7,10,13H,12H2,1-2H3/t7?,10-/m0/s1. The minimum absolute atomic E-state index is 0.324. The minimum Gasteiger partial charge on any atom is -0.391 e. The van der Waals surface area contributed by atoms with E-state index < -0.39 is 6.10 Å². The normalized spacial score (nSPS) is 15.5. The molecule has 0 spiro atoms. The molecule has 3 N–H and O–H groups in total. The van der Waals surface area contributed by atoms with E-state index >= 15 is 0 Å². The van der Waals surface area contributed by atoms with E-state index in [0.29, 0.717) is 0 Å². The Morgan fingerprint density at radius 3 is 2.54 bits per heavy atom. The fraction of sp³-hybridized carbons (Fsp3) is 0.400. The lowest BCUT2D eigenvalue weighted by molar-refractivity contribution is 0.164. The van der Waals surface area contributed by atoms with Crippen LogP contribution < -0.4 is 5.73 Å². The van der Waals surface area contributed by atoms with Gasteiger partial charge in [-0.25, -0.2) is 0 Å². The van der Waals surface area contributed by atoms with Gasteiger partial charge in [0, 0.05) is 4.47 Å². The summed E-state index contributed by atoms with van der Waals surface area (Å²) in [5.74, 6) is 0. The molecule has 0 radical (unpaired) electrons. The second-order valence-corrected chi connectivity index (χ2v) is 4.15. The summed E-state index contributed by atoms with van der Waals surface area (Å²) in [6, 6.07) is 5.60. The molecule has 2 atom stereocenters. The van der Waals surface area contributed by atoms with Crippen molar-refractivity contribution in [3.63, 3.8) is 0 Å². The van der Waals surface area contributed by atoms with Crippen LogP contribution in [0.25, 0.3) is 0 Å². The first-order chi connectivity index (χ1) is 6.02. The molecule has 2 nitrogen and oxygen atoms in total. The van der Waals surface area contributed by atoms with E-state index in [1.165, 1.54) is 5.56 Å². The Balaban J connectivity index is 3.01. The fourth-order valence-electron chi connectivity index (χ4n) is 1.16. The van der Waals surface area contributed by atoms with Gasteiger partial charge in [-0.05, 0) is 31.0 Å². The Morgan fingerprint density at radius 1 is 1.46 bits per heavy atom. The zero-order valence-corrected chi connectivity index (χ0v) is 9.38. The first-order valence-electron chi connectivity index (χ1n) is 4.22. The van der Waals surface area contributed by atoms with Gasteiger partial charge in [-0.15, -0.1) is 0 Å². The molecule has 0 fully saturated rings. The van der Waals surface area contributed by atoms with Gasteiger partial charge in [0.1, 0.15) is 0 Å². The molecule has 1 aromatic carbocycles. The maximum atomic E-state index is 9.32.